The van der Waals surface area contributed by atoms with E-state index in [0.717, 1.165) is 31.2 Å². The van der Waals surface area contributed by atoms with E-state index < -0.39 is 23.8 Å². The van der Waals surface area contributed by atoms with E-state index in [2.05, 4.69) is 17.6 Å². The van der Waals surface area contributed by atoms with Crippen molar-refractivity contribution in [3.63, 3.8) is 0 Å². The molecule has 2 aromatic carbocycles. The van der Waals surface area contributed by atoms with Crippen LogP contribution in [-0.4, -0.2) is 58.1 Å². The van der Waals surface area contributed by atoms with Gasteiger partial charge in [0.1, 0.15) is 23.4 Å². The number of amides is 3. The highest BCUT2D eigenvalue weighted by atomic mass is 32.2. The van der Waals surface area contributed by atoms with E-state index in [4.69, 9.17) is 4.74 Å². The van der Waals surface area contributed by atoms with Crippen molar-refractivity contribution in [3.05, 3.63) is 65.7 Å². The standard InChI is InChI=1S/C32H47N3O5S/c1-6-7-8-9-13-20-35(30(38)27(19-21-41-5)34-31(39)40-32(2,3)4)28(25-17-14-18-26(36)22-25)29(37)33-23-24-15-11-10-12-16-24/h10-12,14-18,22,27-28,36H,6-9,13,19-21,23H2,1-5H3,(H,33,37)(H,34,39). The van der Waals surface area contributed by atoms with E-state index in [-0.39, 0.29) is 17.6 Å². The summed E-state index contributed by atoms with van der Waals surface area (Å²) in [5.74, 6) is -0.0801. The predicted octanol–water partition coefficient (Wildman–Crippen LogP) is 6.20. The molecule has 0 fully saturated rings. The molecule has 2 aromatic rings. The number of nitrogens with one attached hydrogen (secondary N) is 2. The Balaban J connectivity index is 2.44. The molecule has 0 aliphatic carbocycles. The lowest BCUT2D eigenvalue weighted by Crippen LogP contribution is -2.53. The summed E-state index contributed by atoms with van der Waals surface area (Å²) in [7, 11) is 0. The number of hydrogen-bond acceptors (Lipinski definition) is 6. The first-order valence-electron chi connectivity index (χ1n) is 14.4. The van der Waals surface area contributed by atoms with E-state index in [0.29, 0.717) is 37.2 Å². The molecule has 2 atom stereocenters. The molecule has 0 saturated heterocycles. The first-order chi connectivity index (χ1) is 19.6. The fourth-order valence-corrected chi connectivity index (χ4v) is 4.92. The number of aromatic hydroxyl groups is 1. The van der Waals surface area contributed by atoms with Gasteiger partial charge >= 0.3 is 6.09 Å². The molecule has 0 aromatic heterocycles. The van der Waals surface area contributed by atoms with Crippen LogP contribution in [0.3, 0.4) is 0 Å². The number of benzene rings is 2. The van der Waals surface area contributed by atoms with Crippen molar-refractivity contribution in [3.8, 4) is 5.75 Å². The average molecular weight is 586 g/mol. The third kappa shape index (κ3) is 12.5. The number of carbonyl (C=O) groups excluding carboxylic acids is 3. The molecule has 3 N–H and O–H groups in total. The third-order valence-electron chi connectivity index (χ3n) is 6.44. The van der Waals surface area contributed by atoms with E-state index in [1.54, 1.807) is 49.6 Å². The Morgan fingerprint density at radius 2 is 1.71 bits per heavy atom. The Morgan fingerprint density at radius 1 is 1.00 bits per heavy atom. The number of unbranched alkanes of at least 4 members (excludes halogenated alkanes) is 4. The van der Waals surface area contributed by atoms with Gasteiger partial charge in [-0.3, -0.25) is 9.59 Å². The van der Waals surface area contributed by atoms with Gasteiger partial charge in [0, 0.05) is 13.1 Å². The molecule has 41 heavy (non-hydrogen) atoms. The SMILES string of the molecule is CCCCCCCN(C(=O)C(CCSC)NC(=O)OC(C)(C)C)C(C(=O)NCc1ccccc1)c1cccc(O)c1. The highest BCUT2D eigenvalue weighted by Crippen LogP contribution is 2.27. The number of ether oxygens (including phenoxy) is 1. The summed E-state index contributed by atoms with van der Waals surface area (Å²) in [4.78, 5) is 42.4. The van der Waals surface area contributed by atoms with Crippen molar-refractivity contribution in [2.24, 2.45) is 0 Å². The van der Waals surface area contributed by atoms with Crippen molar-refractivity contribution in [2.45, 2.75) is 90.4 Å². The molecule has 0 saturated carbocycles. The average Bonchev–Trinajstić information content (AvgIpc) is 2.92. The second kappa shape index (κ2) is 17.6. The minimum Gasteiger partial charge on any atom is -0.508 e. The summed E-state index contributed by atoms with van der Waals surface area (Å²) >= 11 is 1.57. The van der Waals surface area contributed by atoms with E-state index in [1.807, 2.05) is 36.6 Å². The zero-order chi connectivity index (χ0) is 30.3. The van der Waals surface area contributed by atoms with Crippen molar-refractivity contribution in [1.82, 2.24) is 15.5 Å². The van der Waals surface area contributed by atoms with Crippen LogP contribution in [0.15, 0.2) is 54.6 Å². The minimum absolute atomic E-state index is 0.00418. The van der Waals surface area contributed by atoms with Crippen LogP contribution < -0.4 is 10.6 Å². The van der Waals surface area contributed by atoms with Gasteiger partial charge in [0.2, 0.25) is 11.8 Å². The number of thioether (sulfide) groups is 1. The lowest BCUT2D eigenvalue weighted by Gasteiger charge is -2.34. The number of nitrogens with zero attached hydrogens (tertiary/aromatic N) is 1. The Labute approximate surface area is 249 Å². The van der Waals surface area contributed by atoms with Crippen LogP contribution >= 0.6 is 11.8 Å². The second-order valence-corrected chi connectivity index (χ2v) is 12.1. The molecule has 8 nitrogen and oxygen atoms in total. The topological polar surface area (TPSA) is 108 Å². The largest absolute Gasteiger partial charge is 0.508 e. The van der Waals surface area contributed by atoms with Crippen LogP contribution in [0.25, 0.3) is 0 Å². The summed E-state index contributed by atoms with van der Waals surface area (Å²) in [6.45, 7) is 8.06. The van der Waals surface area contributed by atoms with Crippen LogP contribution in [-0.2, 0) is 20.9 Å². The third-order valence-corrected chi connectivity index (χ3v) is 7.08. The molecule has 0 aliphatic heterocycles. The number of rotatable bonds is 16. The van der Waals surface area contributed by atoms with Crippen molar-refractivity contribution < 1.29 is 24.2 Å². The summed E-state index contributed by atoms with van der Waals surface area (Å²) < 4.78 is 5.46. The molecule has 0 spiro atoms. The Kier molecular flexibility index (Phi) is 14.6. The maximum absolute atomic E-state index is 14.3. The Hall–Kier alpha value is -3.20. The summed E-state index contributed by atoms with van der Waals surface area (Å²) in [5, 5.41) is 16.0. The molecule has 0 aliphatic rings. The maximum Gasteiger partial charge on any atom is 0.408 e. The van der Waals surface area contributed by atoms with Crippen LogP contribution in [0.2, 0.25) is 0 Å². The molecule has 3 amide bonds. The molecule has 2 unspecified atom stereocenters. The van der Waals surface area contributed by atoms with Crippen molar-refractivity contribution in [2.75, 3.05) is 18.6 Å². The van der Waals surface area contributed by atoms with Gasteiger partial charge in [-0.05, 0) is 68.9 Å². The Bertz CT molecular complexity index is 1090. The number of hydrogen-bond donors (Lipinski definition) is 3. The van der Waals surface area contributed by atoms with Gasteiger partial charge in [0.05, 0.1) is 0 Å². The molecule has 0 bridgehead atoms. The van der Waals surface area contributed by atoms with Crippen LogP contribution in [0.4, 0.5) is 4.79 Å². The van der Waals surface area contributed by atoms with Crippen LogP contribution in [0, 0.1) is 0 Å². The molecular formula is C32H47N3O5S. The zero-order valence-electron chi connectivity index (χ0n) is 25.2. The smallest absolute Gasteiger partial charge is 0.408 e. The van der Waals surface area contributed by atoms with Gasteiger partial charge in [-0.1, -0.05) is 75.1 Å². The molecular weight excluding hydrogens is 538 g/mol. The first-order valence-corrected chi connectivity index (χ1v) is 15.8. The van der Waals surface area contributed by atoms with Gasteiger partial charge in [-0.15, -0.1) is 0 Å². The molecule has 226 valence electrons. The molecule has 0 radical (unpaired) electrons. The normalized spacial score (nSPS) is 12.7. The molecule has 2 rings (SSSR count). The summed E-state index contributed by atoms with van der Waals surface area (Å²) in [6.07, 6.45) is 6.46. The lowest BCUT2D eigenvalue weighted by atomic mass is 10.0. The number of phenolic OH excluding ortho intramolecular Hbond substituents is 1. The van der Waals surface area contributed by atoms with Gasteiger partial charge in [-0.25, -0.2) is 4.79 Å². The summed E-state index contributed by atoms with van der Waals surface area (Å²) in [6, 6.07) is 14.1. The number of phenols is 1. The van der Waals surface area contributed by atoms with Gasteiger partial charge < -0.3 is 25.4 Å². The molecule has 9 heteroatoms. The van der Waals surface area contributed by atoms with Crippen LogP contribution in [0.5, 0.6) is 5.75 Å². The van der Waals surface area contributed by atoms with E-state index in [1.165, 1.54) is 12.1 Å². The fraction of sp³-hybridized carbons (Fsp3) is 0.531. The maximum atomic E-state index is 14.3. The lowest BCUT2D eigenvalue weighted by molar-refractivity contribution is -0.142. The van der Waals surface area contributed by atoms with Gasteiger partial charge in [0.25, 0.3) is 0 Å². The van der Waals surface area contributed by atoms with Crippen molar-refractivity contribution >= 4 is 29.7 Å². The zero-order valence-corrected chi connectivity index (χ0v) is 26.0. The van der Waals surface area contributed by atoms with Crippen LogP contribution in [0.1, 0.15) is 83.4 Å². The van der Waals surface area contributed by atoms with Gasteiger partial charge in [0.15, 0.2) is 0 Å². The van der Waals surface area contributed by atoms with E-state index >= 15 is 0 Å². The highest BCUT2D eigenvalue weighted by molar-refractivity contribution is 7.98. The monoisotopic (exact) mass is 585 g/mol. The highest BCUT2D eigenvalue weighted by Gasteiger charge is 2.36. The second-order valence-electron chi connectivity index (χ2n) is 11.1. The fourth-order valence-electron chi connectivity index (χ4n) is 4.44. The van der Waals surface area contributed by atoms with Gasteiger partial charge in [-0.2, -0.15) is 11.8 Å². The minimum atomic E-state index is -0.998. The Morgan fingerprint density at radius 3 is 2.34 bits per heavy atom. The van der Waals surface area contributed by atoms with Crippen molar-refractivity contribution in [1.29, 1.82) is 0 Å². The quantitative estimate of drug-likeness (QED) is 0.203. The first kappa shape index (κ1) is 34.0. The number of alkyl carbamates (subject to hydrolysis) is 1. The molecule has 0 heterocycles. The van der Waals surface area contributed by atoms with E-state index in [9.17, 15) is 19.5 Å². The number of carbonyl (C=O) groups is 3. The summed E-state index contributed by atoms with van der Waals surface area (Å²) in [5.41, 5.74) is 0.702. The predicted molar refractivity (Wildman–Crippen MR) is 166 cm³/mol.